The van der Waals surface area contributed by atoms with Crippen LogP contribution in [0.2, 0.25) is 10.0 Å². The maximum Gasteiger partial charge on any atom is 0.261 e. The predicted octanol–water partition coefficient (Wildman–Crippen LogP) is 3.56. The zero-order chi connectivity index (χ0) is 19.2. The molecule has 9 heteroatoms. The number of hydrogen-bond acceptors (Lipinski definition) is 4. The van der Waals surface area contributed by atoms with E-state index in [0.717, 1.165) is 0 Å². The highest BCUT2D eigenvalue weighted by Crippen LogP contribution is 2.23. The van der Waals surface area contributed by atoms with Crippen molar-refractivity contribution in [1.29, 1.82) is 0 Å². The van der Waals surface area contributed by atoms with Crippen molar-refractivity contribution in [2.45, 2.75) is 11.3 Å². The molecule has 0 fully saturated rings. The van der Waals surface area contributed by atoms with Gasteiger partial charge in [-0.15, -0.1) is 0 Å². The number of nitrogens with one attached hydrogen (secondary N) is 2. The smallest absolute Gasteiger partial charge is 0.261 e. The molecule has 0 aromatic heterocycles. The third-order valence-electron chi connectivity index (χ3n) is 3.40. The summed E-state index contributed by atoms with van der Waals surface area (Å²) in [6.45, 7) is 0.943. The van der Waals surface area contributed by atoms with Crippen LogP contribution in [0.1, 0.15) is 16.8 Å². The number of rotatable bonds is 8. The minimum atomic E-state index is -3.81. The number of ether oxygens (including phenoxy) is 1. The molecule has 26 heavy (non-hydrogen) atoms. The Morgan fingerprint density at radius 1 is 1.12 bits per heavy atom. The molecule has 0 saturated carbocycles. The highest BCUT2D eigenvalue weighted by atomic mass is 35.5. The number of benzene rings is 2. The summed E-state index contributed by atoms with van der Waals surface area (Å²) in [7, 11) is -2.23. The van der Waals surface area contributed by atoms with Gasteiger partial charge in [0.25, 0.3) is 15.9 Å². The molecule has 6 nitrogen and oxygen atoms in total. The van der Waals surface area contributed by atoms with Crippen LogP contribution in [0.3, 0.4) is 0 Å². The minimum absolute atomic E-state index is 0.0578. The molecule has 0 aliphatic carbocycles. The summed E-state index contributed by atoms with van der Waals surface area (Å²) in [5.74, 6) is -0.390. The minimum Gasteiger partial charge on any atom is -0.385 e. The molecule has 0 saturated heterocycles. The summed E-state index contributed by atoms with van der Waals surface area (Å²) in [4.78, 5) is 12.3. The van der Waals surface area contributed by atoms with E-state index in [2.05, 4.69) is 10.0 Å². The van der Waals surface area contributed by atoms with Crippen molar-refractivity contribution in [3.05, 3.63) is 58.1 Å². The molecule has 140 valence electrons. The van der Waals surface area contributed by atoms with Gasteiger partial charge in [-0.05, 0) is 48.9 Å². The Kier molecular flexibility index (Phi) is 7.28. The van der Waals surface area contributed by atoms with Gasteiger partial charge in [0.15, 0.2) is 0 Å². The van der Waals surface area contributed by atoms with Crippen molar-refractivity contribution in [1.82, 2.24) is 5.32 Å². The third-order valence-corrected chi connectivity index (χ3v) is 5.38. The second-order valence-corrected chi connectivity index (χ2v) is 7.88. The average molecular weight is 417 g/mol. The number of hydrogen-bond donors (Lipinski definition) is 2. The highest BCUT2D eigenvalue weighted by Gasteiger charge is 2.16. The fourth-order valence-electron chi connectivity index (χ4n) is 2.10. The second kappa shape index (κ2) is 9.23. The molecule has 1 amide bonds. The Morgan fingerprint density at radius 2 is 1.81 bits per heavy atom. The maximum absolute atomic E-state index is 12.4. The van der Waals surface area contributed by atoms with Crippen LogP contribution >= 0.6 is 23.2 Å². The van der Waals surface area contributed by atoms with Gasteiger partial charge in [0.1, 0.15) is 0 Å². The number of carbonyl (C=O) groups is 1. The van der Waals surface area contributed by atoms with Crippen molar-refractivity contribution in [2.24, 2.45) is 0 Å². The zero-order valence-corrected chi connectivity index (χ0v) is 16.3. The first-order valence-corrected chi connectivity index (χ1v) is 9.92. The summed E-state index contributed by atoms with van der Waals surface area (Å²) >= 11 is 11.8. The summed E-state index contributed by atoms with van der Waals surface area (Å²) in [5.41, 5.74) is 0.409. The molecule has 0 aliphatic rings. The normalized spacial score (nSPS) is 11.2. The molecule has 2 N–H and O–H groups in total. The van der Waals surface area contributed by atoms with E-state index in [0.29, 0.717) is 24.6 Å². The Bertz CT molecular complexity index is 871. The molecule has 0 bridgehead atoms. The monoisotopic (exact) mass is 416 g/mol. The molecule has 0 atom stereocenters. The lowest BCUT2D eigenvalue weighted by Gasteiger charge is -2.11. The second-order valence-electron chi connectivity index (χ2n) is 5.36. The van der Waals surface area contributed by atoms with Gasteiger partial charge in [0.2, 0.25) is 0 Å². The number of amides is 1. The standard InChI is InChI=1S/C17H18Cl2N2O4S/c1-25-10-2-9-20-17(22)15-11-13(5-8-16(15)19)21-26(23,24)14-6-3-12(18)4-7-14/h3-8,11,21H,2,9-10H2,1H3,(H,20,22). The van der Waals surface area contributed by atoms with Gasteiger partial charge < -0.3 is 10.1 Å². The maximum atomic E-state index is 12.4. The Morgan fingerprint density at radius 3 is 2.46 bits per heavy atom. The number of anilines is 1. The predicted molar refractivity (Wildman–Crippen MR) is 103 cm³/mol. The van der Waals surface area contributed by atoms with Gasteiger partial charge >= 0.3 is 0 Å². The van der Waals surface area contributed by atoms with Crippen LogP contribution in [0.15, 0.2) is 47.4 Å². The number of carbonyl (C=O) groups excluding carboxylic acids is 1. The van der Waals surface area contributed by atoms with Gasteiger partial charge in [-0.25, -0.2) is 8.42 Å². The van der Waals surface area contributed by atoms with E-state index in [1.165, 1.54) is 42.5 Å². The van der Waals surface area contributed by atoms with Crippen LogP contribution in [0.4, 0.5) is 5.69 Å². The summed E-state index contributed by atoms with van der Waals surface area (Å²) in [6, 6.07) is 10.1. The lowest BCUT2D eigenvalue weighted by atomic mass is 10.2. The van der Waals surface area contributed by atoms with Crippen LogP contribution in [-0.4, -0.2) is 34.6 Å². The number of sulfonamides is 1. The van der Waals surface area contributed by atoms with Crippen molar-refractivity contribution in [2.75, 3.05) is 25.0 Å². The van der Waals surface area contributed by atoms with Crippen LogP contribution < -0.4 is 10.0 Å². The first kappa shape index (κ1) is 20.5. The van der Waals surface area contributed by atoms with Crippen molar-refractivity contribution in [3.63, 3.8) is 0 Å². The molecule has 2 aromatic carbocycles. The number of halogens is 2. The van der Waals surface area contributed by atoms with Gasteiger partial charge in [-0.3, -0.25) is 9.52 Å². The molecule has 0 unspecified atom stereocenters. The molecular weight excluding hydrogens is 399 g/mol. The number of methoxy groups -OCH3 is 1. The zero-order valence-electron chi connectivity index (χ0n) is 14.0. The first-order chi connectivity index (χ1) is 12.3. The molecule has 2 aromatic rings. The van der Waals surface area contributed by atoms with Crippen LogP contribution in [0.5, 0.6) is 0 Å². The van der Waals surface area contributed by atoms with E-state index in [-0.39, 0.29) is 21.2 Å². The van der Waals surface area contributed by atoms with Gasteiger partial charge in [0.05, 0.1) is 15.5 Å². The van der Waals surface area contributed by atoms with Crippen LogP contribution in [0, 0.1) is 0 Å². The van der Waals surface area contributed by atoms with E-state index < -0.39 is 15.9 Å². The quantitative estimate of drug-likeness (QED) is 0.644. The summed E-state index contributed by atoms with van der Waals surface area (Å²) in [5, 5.41) is 3.37. The van der Waals surface area contributed by atoms with Crippen molar-refractivity contribution < 1.29 is 17.9 Å². The van der Waals surface area contributed by atoms with E-state index in [1.807, 2.05) is 0 Å². The van der Waals surface area contributed by atoms with E-state index >= 15 is 0 Å². The average Bonchev–Trinajstić information content (AvgIpc) is 2.60. The fraction of sp³-hybridized carbons (Fsp3) is 0.235. The van der Waals surface area contributed by atoms with E-state index in [9.17, 15) is 13.2 Å². The molecule has 2 rings (SSSR count). The molecular formula is C17H18Cl2N2O4S. The van der Waals surface area contributed by atoms with Crippen LogP contribution in [-0.2, 0) is 14.8 Å². The lowest BCUT2D eigenvalue weighted by Crippen LogP contribution is -2.25. The van der Waals surface area contributed by atoms with E-state index in [4.69, 9.17) is 27.9 Å². The van der Waals surface area contributed by atoms with Gasteiger partial charge in [-0.1, -0.05) is 23.2 Å². The van der Waals surface area contributed by atoms with Crippen molar-refractivity contribution in [3.8, 4) is 0 Å². The molecule has 0 radical (unpaired) electrons. The summed E-state index contributed by atoms with van der Waals surface area (Å²) in [6.07, 6.45) is 0.656. The SMILES string of the molecule is COCCCNC(=O)c1cc(NS(=O)(=O)c2ccc(Cl)cc2)ccc1Cl. The Hall–Kier alpha value is -1.80. The van der Waals surface area contributed by atoms with Crippen molar-refractivity contribution >= 4 is 44.8 Å². The molecule has 0 heterocycles. The summed E-state index contributed by atoms with van der Waals surface area (Å²) < 4.78 is 32.2. The highest BCUT2D eigenvalue weighted by molar-refractivity contribution is 7.92. The topological polar surface area (TPSA) is 84.5 Å². The molecule has 0 aliphatic heterocycles. The Labute approximate surface area is 162 Å². The lowest BCUT2D eigenvalue weighted by molar-refractivity contribution is 0.0949. The van der Waals surface area contributed by atoms with Gasteiger partial charge in [0, 0.05) is 31.0 Å². The fourth-order valence-corrected chi connectivity index (χ4v) is 3.48. The Balaban J connectivity index is 2.15. The van der Waals surface area contributed by atoms with Gasteiger partial charge in [-0.2, -0.15) is 0 Å². The first-order valence-electron chi connectivity index (χ1n) is 7.68. The third kappa shape index (κ3) is 5.60. The molecule has 0 spiro atoms. The largest absolute Gasteiger partial charge is 0.385 e. The van der Waals surface area contributed by atoms with E-state index in [1.54, 1.807) is 7.11 Å². The van der Waals surface area contributed by atoms with Crippen LogP contribution in [0.25, 0.3) is 0 Å².